The minimum Gasteiger partial charge on any atom is -0.309 e. The van der Waals surface area contributed by atoms with E-state index in [9.17, 15) is 29.0 Å². The molecule has 0 unspecified atom stereocenters. The molecular weight excluding hydrogens is 974 g/mol. The Morgan fingerprint density at radius 3 is 1.08 bits per heavy atom. The Balaban J connectivity index is 1.16. The zero-order chi connectivity index (χ0) is 53.8. The molecule has 11 heteroatoms. The number of benzene rings is 10. The van der Waals surface area contributed by atoms with Gasteiger partial charge in [0.2, 0.25) is 0 Å². The van der Waals surface area contributed by atoms with Crippen molar-refractivity contribution >= 4 is 60.7 Å². The summed E-state index contributed by atoms with van der Waals surface area (Å²) in [6, 6.07) is 66.7. The van der Waals surface area contributed by atoms with E-state index in [0.717, 1.165) is 89.2 Å². The van der Waals surface area contributed by atoms with Gasteiger partial charge in [-0.1, -0.05) is 109 Å². The van der Waals surface area contributed by atoms with Crippen molar-refractivity contribution in [3.63, 3.8) is 0 Å². The van der Waals surface area contributed by atoms with Gasteiger partial charge in [0, 0.05) is 27.1 Å². The van der Waals surface area contributed by atoms with Gasteiger partial charge in [-0.05, 0) is 147 Å². The van der Waals surface area contributed by atoms with E-state index in [4.69, 9.17) is 19.7 Å². The van der Waals surface area contributed by atoms with Crippen LogP contribution in [0.2, 0.25) is 0 Å². The normalized spacial score (nSPS) is 11.2. The molecule has 0 amide bonds. The van der Waals surface area contributed by atoms with Crippen LogP contribution >= 0.6 is 0 Å². The molecule has 0 aliphatic carbocycles. The molecule has 0 aliphatic heterocycles. The van der Waals surface area contributed by atoms with Crippen LogP contribution in [-0.2, 0) is 6.18 Å². The SMILES string of the molecule is [C-]#[N+]c1ccc(-c2ccc3c(c2)c2cc(-c4ccc([N+]#[C-])cc4)ccc2n3-c2cc(-c3ccc(C(F)(F)F)cc3[N+]#[C-])c(-n3c4ccc(-c5ccc(C#N)cc5)cc4c4cc(-c5ccc(C#N)cc5)ccc43)cc2C#N)cc1. The van der Waals surface area contributed by atoms with Gasteiger partial charge in [-0.3, -0.25) is 0 Å². The largest absolute Gasteiger partial charge is 0.415 e. The van der Waals surface area contributed by atoms with Crippen LogP contribution < -0.4 is 0 Å². The van der Waals surface area contributed by atoms with E-state index in [0.29, 0.717) is 50.5 Å². The summed E-state index contributed by atoms with van der Waals surface area (Å²) in [6.45, 7) is 23.4. The molecule has 10 aromatic carbocycles. The molecule has 0 atom stereocenters. The number of rotatable bonds is 7. The van der Waals surface area contributed by atoms with Gasteiger partial charge in [-0.15, -0.1) is 0 Å². The second-order valence-corrected chi connectivity index (χ2v) is 18.6. The standard InChI is InChI=1S/C67H33F3N8/c1-74-52-21-12-44(13-22-52)48-16-26-61-55(32-48)56-33-49(45-14-23-53(75-2)24-15-45)17-27-62(56)77(61)65-36-59(54-25-20-51(67(68,69)70)35-60(54)76-3)66(34-50(65)39-73)78-63-28-18-46(42-8-4-40(37-71)5-9-42)30-57(63)58-31-47(19-29-64(58)78)43-10-6-41(38-72)7-11-43/h4-36H. The average Bonchev–Trinajstić information content (AvgIpc) is 4.20. The number of halogens is 3. The van der Waals surface area contributed by atoms with Gasteiger partial charge < -0.3 is 9.13 Å². The molecule has 0 radical (unpaired) electrons. The van der Waals surface area contributed by atoms with Crippen LogP contribution in [0.15, 0.2) is 200 Å². The molecule has 0 fully saturated rings. The molecular formula is C67H33F3N8. The fraction of sp³-hybridized carbons (Fsp3) is 0.0149. The summed E-state index contributed by atoms with van der Waals surface area (Å²) in [7, 11) is 0. The number of nitrogens with zero attached hydrogens (tertiary/aromatic N) is 8. The predicted octanol–water partition coefficient (Wildman–Crippen LogP) is 18.5. The maximum atomic E-state index is 14.5. The lowest BCUT2D eigenvalue weighted by Crippen LogP contribution is -2.06. The van der Waals surface area contributed by atoms with Crippen LogP contribution in [0.5, 0.6) is 0 Å². The number of fused-ring (bicyclic) bond motifs is 6. The first kappa shape index (κ1) is 47.5. The first-order valence-electron chi connectivity index (χ1n) is 24.3. The summed E-state index contributed by atoms with van der Waals surface area (Å²) in [5.74, 6) is 0. The van der Waals surface area contributed by atoms with Crippen LogP contribution in [0, 0.1) is 53.7 Å². The van der Waals surface area contributed by atoms with Crippen molar-refractivity contribution in [2.45, 2.75) is 6.18 Å². The number of hydrogen-bond donors (Lipinski definition) is 0. The summed E-state index contributed by atoms with van der Waals surface area (Å²) in [4.78, 5) is 10.8. The first-order valence-corrected chi connectivity index (χ1v) is 24.3. The van der Waals surface area contributed by atoms with Crippen molar-refractivity contribution in [2.75, 3.05) is 0 Å². The highest BCUT2D eigenvalue weighted by Crippen LogP contribution is 2.46. The summed E-state index contributed by atoms with van der Waals surface area (Å²) in [5, 5.41) is 33.9. The molecule has 0 aliphatic rings. The van der Waals surface area contributed by atoms with Gasteiger partial charge in [0.25, 0.3) is 0 Å². The van der Waals surface area contributed by atoms with Crippen LogP contribution in [0.4, 0.5) is 30.2 Å². The Morgan fingerprint density at radius 1 is 0.359 bits per heavy atom. The third kappa shape index (κ3) is 8.08. The zero-order valence-corrected chi connectivity index (χ0v) is 40.8. The van der Waals surface area contributed by atoms with Crippen LogP contribution in [-0.4, -0.2) is 9.13 Å². The van der Waals surface area contributed by atoms with E-state index in [2.05, 4.69) is 57.0 Å². The van der Waals surface area contributed by atoms with E-state index in [1.807, 2.05) is 106 Å². The highest BCUT2D eigenvalue weighted by Gasteiger charge is 2.32. The second kappa shape index (κ2) is 18.8. The molecule has 12 aromatic rings. The van der Waals surface area contributed by atoms with Crippen molar-refractivity contribution in [2.24, 2.45) is 0 Å². The molecule has 78 heavy (non-hydrogen) atoms. The van der Waals surface area contributed by atoms with Crippen LogP contribution in [0.3, 0.4) is 0 Å². The molecule has 362 valence electrons. The van der Waals surface area contributed by atoms with Crippen molar-refractivity contribution in [1.82, 2.24) is 9.13 Å². The fourth-order valence-electron chi connectivity index (χ4n) is 10.5. The molecule has 0 bridgehead atoms. The monoisotopic (exact) mass is 1010 g/mol. The van der Waals surface area contributed by atoms with Crippen LogP contribution in [0.1, 0.15) is 22.3 Å². The molecule has 0 saturated heterocycles. The van der Waals surface area contributed by atoms with Gasteiger partial charge in [-0.2, -0.15) is 29.0 Å². The summed E-state index contributed by atoms with van der Waals surface area (Å²) >= 11 is 0. The van der Waals surface area contributed by atoms with E-state index in [1.165, 1.54) is 6.07 Å². The van der Waals surface area contributed by atoms with Crippen molar-refractivity contribution < 1.29 is 13.2 Å². The van der Waals surface area contributed by atoms with Gasteiger partial charge in [-0.25, -0.2) is 14.5 Å². The van der Waals surface area contributed by atoms with Gasteiger partial charge >= 0.3 is 6.18 Å². The maximum absolute atomic E-state index is 14.5. The topological polar surface area (TPSA) is 94.3 Å². The number of alkyl halides is 3. The Kier molecular flexibility index (Phi) is 11.4. The average molecular weight is 1010 g/mol. The Bertz CT molecular complexity index is 4520. The molecule has 0 spiro atoms. The lowest BCUT2D eigenvalue weighted by Gasteiger charge is -2.20. The third-order valence-corrected chi connectivity index (χ3v) is 14.3. The minimum absolute atomic E-state index is 0.216. The Labute approximate surface area is 444 Å². The van der Waals surface area contributed by atoms with Crippen LogP contribution in [0.25, 0.3) is 125 Å². The highest BCUT2D eigenvalue weighted by atomic mass is 19.4. The Hall–Kier alpha value is -11.5. The molecule has 2 aromatic heterocycles. The minimum atomic E-state index is -4.73. The predicted molar refractivity (Wildman–Crippen MR) is 300 cm³/mol. The molecule has 12 rings (SSSR count). The second-order valence-electron chi connectivity index (χ2n) is 18.6. The van der Waals surface area contributed by atoms with E-state index in [1.54, 1.807) is 60.7 Å². The smallest absolute Gasteiger partial charge is 0.309 e. The zero-order valence-electron chi connectivity index (χ0n) is 40.8. The summed E-state index contributed by atoms with van der Waals surface area (Å²) in [5.41, 5.74) is 12.4. The lowest BCUT2D eigenvalue weighted by molar-refractivity contribution is -0.137. The molecule has 8 nitrogen and oxygen atoms in total. The highest BCUT2D eigenvalue weighted by molar-refractivity contribution is 6.14. The van der Waals surface area contributed by atoms with E-state index < -0.39 is 11.7 Å². The van der Waals surface area contributed by atoms with Gasteiger partial charge in [0.15, 0.2) is 17.1 Å². The number of hydrogen-bond acceptors (Lipinski definition) is 3. The number of nitriles is 3. The molecule has 0 N–H and O–H groups in total. The fourth-order valence-corrected chi connectivity index (χ4v) is 10.5. The summed E-state index contributed by atoms with van der Waals surface area (Å²) < 4.78 is 47.4. The Morgan fingerprint density at radius 2 is 0.731 bits per heavy atom. The molecule has 0 saturated carbocycles. The van der Waals surface area contributed by atoms with E-state index in [-0.39, 0.29) is 16.8 Å². The summed E-state index contributed by atoms with van der Waals surface area (Å²) in [6.07, 6.45) is -4.73. The number of aromatic nitrogens is 2. The van der Waals surface area contributed by atoms with Gasteiger partial charge in [0.1, 0.15) is 6.07 Å². The van der Waals surface area contributed by atoms with E-state index >= 15 is 0 Å². The first-order chi connectivity index (χ1) is 38.0. The third-order valence-electron chi connectivity index (χ3n) is 14.3. The molecule has 2 heterocycles. The lowest BCUT2D eigenvalue weighted by atomic mass is 9.96. The van der Waals surface area contributed by atoms with Crippen molar-refractivity contribution in [1.29, 1.82) is 15.8 Å². The van der Waals surface area contributed by atoms with Gasteiger partial charge in [0.05, 0.1) is 82.0 Å². The maximum Gasteiger partial charge on any atom is 0.415 e. The quantitative estimate of drug-likeness (QED) is 0.149. The van der Waals surface area contributed by atoms with Crippen molar-refractivity contribution in [3.8, 4) is 85.2 Å². The van der Waals surface area contributed by atoms with Crippen molar-refractivity contribution in [3.05, 3.63) is 257 Å².